The molecule has 0 aliphatic carbocycles. The van der Waals surface area contributed by atoms with E-state index in [4.69, 9.17) is 5.26 Å². The van der Waals surface area contributed by atoms with Gasteiger partial charge < -0.3 is 10.6 Å². The SMILES string of the molecule is Cc1ccc2c(c1)C[C@@H](C[C@@H](C#N)NC=O)C(=O)N2. The van der Waals surface area contributed by atoms with Gasteiger partial charge in [-0.25, -0.2) is 0 Å². The number of benzene rings is 1. The molecule has 1 aromatic carbocycles. The normalized spacial score (nSPS) is 18.7. The zero-order chi connectivity index (χ0) is 13.8. The smallest absolute Gasteiger partial charge is 0.227 e. The molecule has 0 bridgehead atoms. The van der Waals surface area contributed by atoms with Crippen LogP contribution in [0, 0.1) is 24.2 Å². The van der Waals surface area contributed by atoms with Crippen LogP contribution in [0.4, 0.5) is 5.69 Å². The van der Waals surface area contributed by atoms with E-state index in [9.17, 15) is 9.59 Å². The predicted octanol–water partition coefficient (Wildman–Crippen LogP) is 1.13. The van der Waals surface area contributed by atoms with E-state index >= 15 is 0 Å². The summed E-state index contributed by atoms with van der Waals surface area (Å²) in [5.74, 6) is -0.379. The molecule has 2 amide bonds. The third-order valence-electron chi connectivity index (χ3n) is 3.30. The highest BCUT2D eigenvalue weighted by Crippen LogP contribution is 2.28. The lowest BCUT2D eigenvalue weighted by atomic mass is 9.88. The molecule has 0 aromatic heterocycles. The Balaban J connectivity index is 2.14. The van der Waals surface area contributed by atoms with Crippen molar-refractivity contribution in [2.45, 2.75) is 25.8 Å². The van der Waals surface area contributed by atoms with Crippen LogP contribution in [-0.4, -0.2) is 18.4 Å². The molecule has 5 heteroatoms. The zero-order valence-corrected chi connectivity index (χ0v) is 10.6. The summed E-state index contributed by atoms with van der Waals surface area (Å²) in [5, 5.41) is 14.2. The van der Waals surface area contributed by atoms with Crippen molar-refractivity contribution in [3.8, 4) is 6.07 Å². The molecule has 98 valence electrons. The molecule has 0 radical (unpaired) electrons. The van der Waals surface area contributed by atoms with Crippen molar-refractivity contribution < 1.29 is 9.59 Å². The van der Waals surface area contributed by atoms with Gasteiger partial charge in [0.25, 0.3) is 0 Å². The lowest BCUT2D eigenvalue weighted by Crippen LogP contribution is -2.36. The summed E-state index contributed by atoms with van der Waals surface area (Å²) < 4.78 is 0. The Hall–Kier alpha value is -2.35. The standard InChI is InChI=1S/C14H15N3O2/c1-9-2-3-13-10(4-9)5-11(14(19)17-13)6-12(7-15)16-8-18/h2-4,8,11-12H,5-6H2,1H3,(H,16,18)(H,17,19)/t11-,12-/m0/s1. The molecule has 1 aromatic rings. The van der Waals surface area contributed by atoms with Gasteiger partial charge in [0.15, 0.2) is 0 Å². The van der Waals surface area contributed by atoms with Gasteiger partial charge in [-0.15, -0.1) is 0 Å². The third kappa shape index (κ3) is 2.91. The van der Waals surface area contributed by atoms with E-state index in [2.05, 4.69) is 10.6 Å². The summed E-state index contributed by atoms with van der Waals surface area (Å²) in [6.07, 6.45) is 1.42. The van der Waals surface area contributed by atoms with Crippen molar-refractivity contribution >= 4 is 18.0 Å². The van der Waals surface area contributed by atoms with Crippen LogP contribution in [0.5, 0.6) is 0 Å². The highest BCUT2D eigenvalue weighted by atomic mass is 16.2. The summed E-state index contributed by atoms with van der Waals surface area (Å²) in [7, 11) is 0. The van der Waals surface area contributed by atoms with E-state index < -0.39 is 6.04 Å². The molecule has 2 rings (SSSR count). The first-order valence-corrected chi connectivity index (χ1v) is 6.13. The van der Waals surface area contributed by atoms with Crippen LogP contribution in [0.25, 0.3) is 0 Å². The van der Waals surface area contributed by atoms with Gasteiger partial charge in [0, 0.05) is 11.6 Å². The summed E-state index contributed by atoms with van der Waals surface area (Å²) >= 11 is 0. The molecule has 1 aliphatic heterocycles. The van der Waals surface area contributed by atoms with Crippen molar-refractivity contribution in [2.24, 2.45) is 5.92 Å². The second-order valence-corrected chi connectivity index (χ2v) is 4.75. The van der Waals surface area contributed by atoms with Crippen LogP contribution in [0.3, 0.4) is 0 Å². The van der Waals surface area contributed by atoms with Crippen molar-refractivity contribution in [3.63, 3.8) is 0 Å². The fraction of sp³-hybridized carbons (Fsp3) is 0.357. The Morgan fingerprint density at radius 1 is 1.63 bits per heavy atom. The summed E-state index contributed by atoms with van der Waals surface area (Å²) in [4.78, 5) is 22.3. The van der Waals surface area contributed by atoms with Crippen LogP contribution in [0.1, 0.15) is 17.5 Å². The topological polar surface area (TPSA) is 82.0 Å². The molecule has 1 heterocycles. The first-order chi connectivity index (χ1) is 9.13. The Morgan fingerprint density at radius 2 is 2.42 bits per heavy atom. The molecule has 0 saturated heterocycles. The number of fused-ring (bicyclic) bond motifs is 1. The average molecular weight is 257 g/mol. The fourth-order valence-electron chi connectivity index (χ4n) is 2.32. The highest BCUT2D eigenvalue weighted by molar-refractivity contribution is 5.95. The number of hydrogen-bond donors (Lipinski definition) is 2. The van der Waals surface area contributed by atoms with Gasteiger partial charge in [-0.2, -0.15) is 5.26 Å². The van der Waals surface area contributed by atoms with E-state index in [0.717, 1.165) is 16.8 Å². The van der Waals surface area contributed by atoms with E-state index in [1.807, 2.05) is 31.2 Å². The second-order valence-electron chi connectivity index (χ2n) is 4.75. The Labute approximate surface area is 111 Å². The van der Waals surface area contributed by atoms with Crippen molar-refractivity contribution in [3.05, 3.63) is 29.3 Å². The number of hydrogen-bond acceptors (Lipinski definition) is 3. The molecule has 0 unspecified atom stereocenters. The number of rotatable bonds is 4. The minimum absolute atomic E-state index is 0.0932. The maximum absolute atomic E-state index is 12.0. The molecule has 0 fully saturated rings. The van der Waals surface area contributed by atoms with Gasteiger partial charge >= 0.3 is 0 Å². The molecule has 19 heavy (non-hydrogen) atoms. The number of nitriles is 1. The van der Waals surface area contributed by atoms with E-state index in [0.29, 0.717) is 19.3 Å². The summed E-state index contributed by atoms with van der Waals surface area (Å²) in [6.45, 7) is 2.00. The lowest BCUT2D eigenvalue weighted by Gasteiger charge is -2.26. The highest BCUT2D eigenvalue weighted by Gasteiger charge is 2.28. The van der Waals surface area contributed by atoms with Crippen LogP contribution in [0.2, 0.25) is 0 Å². The van der Waals surface area contributed by atoms with Gasteiger partial charge in [-0.1, -0.05) is 17.7 Å². The summed E-state index contributed by atoms with van der Waals surface area (Å²) in [5.41, 5.74) is 3.05. The van der Waals surface area contributed by atoms with Gasteiger partial charge in [0.2, 0.25) is 12.3 Å². The molecular weight excluding hydrogens is 242 g/mol. The Morgan fingerprint density at radius 3 is 3.11 bits per heavy atom. The van der Waals surface area contributed by atoms with E-state index in [1.165, 1.54) is 0 Å². The monoisotopic (exact) mass is 257 g/mol. The maximum Gasteiger partial charge on any atom is 0.227 e. The van der Waals surface area contributed by atoms with Gasteiger partial charge in [-0.3, -0.25) is 9.59 Å². The molecular formula is C14H15N3O2. The van der Waals surface area contributed by atoms with Gasteiger partial charge in [-0.05, 0) is 31.4 Å². The minimum Gasteiger partial charge on any atom is -0.343 e. The fourth-order valence-corrected chi connectivity index (χ4v) is 2.32. The lowest BCUT2D eigenvalue weighted by molar-refractivity contribution is -0.120. The Bertz CT molecular complexity index is 548. The number of amides is 2. The largest absolute Gasteiger partial charge is 0.343 e. The van der Waals surface area contributed by atoms with Crippen LogP contribution >= 0.6 is 0 Å². The maximum atomic E-state index is 12.0. The molecule has 2 atom stereocenters. The summed E-state index contributed by atoms with van der Waals surface area (Å²) in [6, 6.07) is 7.24. The molecule has 5 nitrogen and oxygen atoms in total. The van der Waals surface area contributed by atoms with Crippen LogP contribution < -0.4 is 10.6 Å². The number of aryl methyl sites for hydroxylation is 1. The number of nitrogens with zero attached hydrogens (tertiary/aromatic N) is 1. The first-order valence-electron chi connectivity index (χ1n) is 6.13. The molecule has 1 aliphatic rings. The van der Waals surface area contributed by atoms with Gasteiger partial charge in [0.1, 0.15) is 6.04 Å². The third-order valence-corrected chi connectivity index (χ3v) is 3.30. The van der Waals surface area contributed by atoms with Crippen molar-refractivity contribution in [1.82, 2.24) is 5.32 Å². The van der Waals surface area contributed by atoms with E-state index in [1.54, 1.807) is 0 Å². The average Bonchev–Trinajstić information content (AvgIpc) is 2.39. The molecule has 0 spiro atoms. The first kappa shape index (κ1) is 13.1. The Kier molecular flexibility index (Phi) is 3.81. The van der Waals surface area contributed by atoms with Crippen molar-refractivity contribution in [1.29, 1.82) is 5.26 Å². The zero-order valence-electron chi connectivity index (χ0n) is 10.6. The quantitative estimate of drug-likeness (QED) is 0.793. The second kappa shape index (κ2) is 5.53. The number of nitrogens with one attached hydrogen (secondary N) is 2. The van der Waals surface area contributed by atoms with Crippen LogP contribution in [-0.2, 0) is 16.0 Å². The van der Waals surface area contributed by atoms with E-state index in [-0.39, 0.29) is 11.8 Å². The van der Waals surface area contributed by atoms with Gasteiger partial charge in [0.05, 0.1) is 6.07 Å². The minimum atomic E-state index is -0.625. The number of carbonyl (C=O) groups is 2. The van der Waals surface area contributed by atoms with Crippen molar-refractivity contribution in [2.75, 3.05) is 5.32 Å². The molecule has 2 N–H and O–H groups in total. The number of anilines is 1. The molecule has 0 saturated carbocycles. The van der Waals surface area contributed by atoms with Crippen LogP contribution in [0.15, 0.2) is 18.2 Å². The number of carbonyl (C=O) groups excluding carboxylic acids is 2. The predicted molar refractivity (Wildman–Crippen MR) is 70.2 cm³/mol.